The van der Waals surface area contributed by atoms with Crippen LogP contribution >= 0.6 is 22.9 Å². The Labute approximate surface area is 123 Å². The lowest BCUT2D eigenvalue weighted by molar-refractivity contribution is -0.131. The van der Waals surface area contributed by atoms with Crippen LogP contribution in [0.5, 0.6) is 0 Å². The molecule has 0 aliphatic carbocycles. The number of amides is 1. The van der Waals surface area contributed by atoms with Crippen molar-refractivity contribution in [2.24, 2.45) is 0 Å². The minimum absolute atomic E-state index is 0.319. The molecule has 0 atom stereocenters. The van der Waals surface area contributed by atoms with Crippen LogP contribution in [0.2, 0.25) is 5.02 Å². The monoisotopic (exact) mass is 308 g/mol. The number of carbonyl (C=O) groups is 2. The number of aliphatic hydroxyl groups is 1. The van der Waals surface area contributed by atoms with Crippen molar-refractivity contribution in [2.75, 3.05) is 5.32 Å². The summed E-state index contributed by atoms with van der Waals surface area (Å²) >= 11 is 6.96. The molecule has 0 spiro atoms. The number of aliphatic hydroxyl groups excluding tert-OH is 1. The summed E-state index contributed by atoms with van der Waals surface area (Å²) in [5.41, 5.74) is 0.355. The van der Waals surface area contributed by atoms with Gasteiger partial charge in [-0.2, -0.15) is 0 Å². The van der Waals surface area contributed by atoms with Crippen molar-refractivity contribution in [3.8, 4) is 0 Å². The number of benzene rings is 1. The summed E-state index contributed by atoms with van der Waals surface area (Å²) in [4.78, 5) is 27.0. The molecule has 2 rings (SSSR count). The Balaban J connectivity index is 2.09. The van der Waals surface area contributed by atoms with Crippen molar-refractivity contribution in [1.29, 1.82) is 0 Å². The van der Waals surface area contributed by atoms with Crippen LogP contribution in [0, 0.1) is 0 Å². The Morgan fingerprint density at radius 2 is 2.20 bits per heavy atom. The van der Waals surface area contributed by atoms with E-state index in [4.69, 9.17) is 11.6 Å². The van der Waals surface area contributed by atoms with Crippen molar-refractivity contribution in [2.45, 2.75) is 0 Å². The summed E-state index contributed by atoms with van der Waals surface area (Å²) < 4.78 is 0. The molecular formula is C13H9ClN2O3S. The van der Waals surface area contributed by atoms with Crippen molar-refractivity contribution in [3.63, 3.8) is 0 Å². The fourth-order valence-electron chi connectivity index (χ4n) is 1.36. The van der Waals surface area contributed by atoms with E-state index in [0.29, 0.717) is 15.7 Å². The van der Waals surface area contributed by atoms with Crippen LogP contribution < -0.4 is 5.32 Å². The predicted octanol–water partition coefficient (Wildman–Crippen LogP) is 2.90. The van der Waals surface area contributed by atoms with Crippen LogP contribution in [0.4, 0.5) is 5.13 Å². The molecule has 20 heavy (non-hydrogen) atoms. The average molecular weight is 309 g/mol. The molecule has 0 unspecified atom stereocenters. The molecule has 2 aromatic rings. The number of anilines is 1. The maximum atomic E-state index is 11.6. The molecule has 0 radical (unpaired) electrons. The highest BCUT2D eigenvalue weighted by atomic mass is 35.5. The molecule has 1 heterocycles. The molecule has 0 fully saturated rings. The summed E-state index contributed by atoms with van der Waals surface area (Å²) in [5, 5.41) is 14.5. The fraction of sp³-hybridized carbons (Fsp3) is 0. The fourth-order valence-corrected chi connectivity index (χ4v) is 2.08. The second kappa shape index (κ2) is 6.31. The van der Waals surface area contributed by atoms with Gasteiger partial charge in [-0.1, -0.05) is 23.7 Å². The average Bonchev–Trinajstić information content (AvgIpc) is 2.91. The van der Waals surface area contributed by atoms with Gasteiger partial charge in [0.2, 0.25) is 5.78 Å². The zero-order chi connectivity index (χ0) is 14.5. The number of thiazole rings is 1. The topological polar surface area (TPSA) is 79.3 Å². The second-order valence-electron chi connectivity index (χ2n) is 3.70. The standard InChI is InChI=1S/C13H9ClN2O3S/c14-9-3-1-2-8(6-9)10(17)7-11(18)12(19)16-13-15-4-5-20-13/h1-7,17H,(H,15,16,19)/b10-7-. The number of nitrogens with zero attached hydrogens (tertiary/aromatic N) is 1. The first-order chi connectivity index (χ1) is 9.56. The summed E-state index contributed by atoms with van der Waals surface area (Å²) in [6, 6.07) is 6.32. The van der Waals surface area contributed by atoms with Crippen LogP contribution in [0.15, 0.2) is 41.9 Å². The molecule has 0 bridgehead atoms. The van der Waals surface area contributed by atoms with Crippen molar-refractivity contribution in [1.82, 2.24) is 4.98 Å². The van der Waals surface area contributed by atoms with Gasteiger partial charge < -0.3 is 5.11 Å². The third-order valence-corrected chi connectivity index (χ3v) is 3.19. The first kappa shape index (κ1) is 14.2. The van der Waals surface area contributed by atoms with Crippen LogP contribution in [0.3, 0.4) is 0 Å². The molecule has 102 valence electrons. The molecule has 1 amide bonds. The highest BCUT2D eigenvalue weighted by Crippen LogP contribution is 2.17. The lowest BCUT2D eigenvalue weighted by Crippen LogP contribution is -2.21. The summed E-state index contributed by atoms with van der Waals surface area (Å²) in [7, 11) is 0. The number of halogens is 1. The zero-order valence-electron chi connectivity index (χ0n) is 10.0. The van der Waals surface area contributed by atoms with Gasteiger partial charge in [0.1, 0.15) is 5.76 Å². The number of carbonyl (C=O) groups excluding carboxylic acids is 2. The van der Waals surface area contributed by atoms with Gasteiger partial charge >= 0.3 is 0 Å². The smallest absolute Gasteiger partial charge is 0.298 e. The van der Waals surface area contributed by atoms with Gasteiger partial charge in [-0.3, -0.25) is 14.9 Å². The number of rotatable bonds is 4. The third-order valence-electron chi connectivity index (χ3n) is 2.26. The van der Waals surface area contributed by atoms with E-state index in [1.807, 2.05) is 0 Å². The molecule has 0 saturated heterocycles. The Morgan fingerprint density at radius 3 is 2.85 bits per heavy atom. The maximum absolute atomic E-state index is 11.6. The minimum Gasteiger partial charge on any atom is -0.507 e. The summed E-state index contributed by atoms with van der Waals surface area (Å²) in [6.45, 7) is 0. The Morgan fingerprint density at radius 1 is 1.40 bits per heavy atom. The van der Waals surface area contributed by atoms with Gasteiger partial charge in [-0.05, 0) is 12.1 Å². The number of ketones is 1. The molecule has 7 heteroatoms. The van der Waals surface area contributed by atoms with E-state index < -0.39 is 11.7 Å². The van der Waals surface area contributed by atoms with E-state index in [-0.39, 0.29) is 5.76 Å². The number of nitrogens with one attached hydrogen (secondary N) is 1. The molecule has 0 aliphatic rings. The number of aromatic nitrogens is 1. The largest absolute Gasteiger partial charge is 0.507 e. The second-order valence-corrected chi connectivity index (χ2v) is 5.03. The van der Waals surface area contributed by atoms with Crippen LogP contribution in [0.25, 0.3) is 5.76 Å². The summed E-state index contributed by atoms with van der Waals surface area (Å²) in [5.74, 6) is -2.07. The van der Waals surface area contributed by atoms with Gasteiger partial charge in [0, 0.05) is 28.2 Å². The zero-order valence-corrected chi connectivity index (χ0v) is 11.6. The number of hydrogen-bond acceptors (Lipinski definition) is 5. The highest BCUT2D eigenvalue weighted by Gasteiger charge is 2.14. The molecule has 0 aliphatic heterocycles. The van der Waals surface area contributed by atoms with Gasteiger partial charge in [-0.15, -0.1) is 11.3 Å². The van der Waals surface area contributed by atoms with Gasteiger partial charge in [0.05, 0.1) is 0 Å². The van der Waals surface area contributed by atoms with Crippen LogP contribution in [-0.4, -0.2) is 21.8 Å². The Hall–Kier alpha value is -2.18. The Kier molecular flexibility index (Phi) is 4.49. The Bertz CT molecular complexity index is 668. The third kappa shape index (κ3) is 3.66. The van der Waals surface area contributed by atoms with Crippen LogP contribution in [-0.2, 0) is 9.59 Å². The predicted molar refractivity (Wildman–Crippen MR) is 77.8 cm³/mol. The highest BCUT2D eigenvalue weighted by molar-refractivity contribution is 7.13. The normalized spacial score (nSPS) is 11.2. The van der Waals surface area contributed by atoms with Gasteiger partial charge in [-0.25, -0.2) is 4.98 Å². The molecule has 0 saturated carbocycles. The van der Waals surface area contributed by atoms with Gasteiger partial charge in [0.15, 0.2) is 5.13 Å². The lowest BCUT2D eigenvalue weighted by Gasteiger charge is -2.01. The molecule has 1 aromatic carbocycles. The van der Waals surface area contributed by atoms with Crippen molar-refractivity contribution in [3.05, 3.63) is 52.5 Å². The van der Waals surface area contributed by atoms with Crippen molar-refractivity contribution >= 4 is 45.5 Å². The lowest BCUT2D eigenvalue weighted by atomic mass is 10.1. The molecule has 2 N–H and O–H groups in total. The number of hydrogen-bond donors (Lipinski definition) is 2. The van der Waals surface area contributed by atoms with Crippen molar-refractivity contribution < 1.29 is 14.7 Å². The van der Waals surface area contributed by atoms with E-state index in [1.165, 1.54) is 23.6 Å². The first-order valence-corrected chi connectivity index (χ1v) is 6.73. The van der Waals surface area contributed by atoms with E-state index >= 15 is 0 Å². The summed E-state index contributed by atoms with van der Waals surface area (Å²) in [6.07, 6.45) is 2.35. The quantitative estimate of drug-likeness (QED) is 0.517. The van der Waals surface area contributed by atoms with Gasteiger partial charge in [0.25, 0.3) is 5.91 Å². The van der Waals surface area contributed by atoms with E-state index in [2.05, 4.69) is 10.3 Å². The SMILES string of the molecule is O=C(/C=C(\O)c1cccc(Cl)c1)C(=O)Nc1nccs1. The van der Waals surface area contributed by atoms with E-state index in [0.717, 1.165) is 6.08 Å². The molecule has 1 aromatic heterocycles. The first-order valence-electron chi connectivity index (χ1n) is 5.47. The minimum atomic E-state index is -0.877. The van der Waals surface area contributed by atoms with E-state index in [9.17, 15) is 14.7 Å². The molecule has 5 nitrogen and oxygen atoms in total. The maximum Gasteiger partial charge on any atom is 0.298 e. The van der Waals surface area contributed by atoms with E-state index in [1.54, 1.807) is 23.6 Å². The van der Waals surface area contributed by atoms with Crippen LogP contribution in [0.1, 0.15) is 5.56 Å². The molecular weight excluding hydrogens is 300 g/mol.